The SMILES string of the molecule is CC(Cl)/C=C/C=C(F)F. The Morgan fingerprint density at radius 3 is 2.44 bits per heavy atom. The number of hydrogen-bond acceptors (Lipinski definition) is 0. The van der Waals surface area contributed by atoms with Crippen molar-refractivity contribution in [2.24, 2.45) is 0 Å². The number of hydrogen-bond donors (Lipinski definition) is 0. The third-order valence-electron chi connectivity index (χ3n) is 0.599. The van der Waals surface area contributed by atoms with Crippen LogP contribution in [0.3, 0.4) is 0 Å². The fourth-order valence-electron chi connectivity index (χ4n) is 0.281. The molecule has 0 bridgehead atoms. The van der Waals surface area contributed by atoms with E-state index in [1.54, 1.807) is 6.92 Å². The molecule has 0 aliphatic carbocycles. The molecule has 0 amide bonds. The van der Waals surface area contributed by atoms with E-state index in [0.717, 1.165) is 0 Å². The summed E-state index contributed by atoms with van der Waals surface area (Å²) in [6, 6.07) is 0. The summed E-state index contributed by atoms with van der Waals surface area (Å²) < 4.78 is 22.5. The van der Waals surface area contributed by atoms with E-state index < -0.39 is 6.08 Å². The van der Waals surface area contributed by atoms with Gasteiger partial charge in [-0.3, -0.25) is 0 Å². The van der Waals surface area contributed by atoms with Crippen molar-refractivity contribution in [2.75, 3.05) is 0 Å². The van der Waals surface area contributed by atoms with Crippen LogP contribution >= 0.6 is 11.6 Å². The highest BCUT2D eigenvalue weighted by molar-refractivity contribution is 6.21. The Kier molecular flexibility index (Phi) is 4.32. The third kappa shape index (κ3) is 7.63. The normalized spacial score (nSPS) is 13.8. The first kappa shape index (κ1) is 8.63. The highest BCUT2D eigenvalue weighted by Gasteiger charge is 1.85. The lowest BCUT2D eigenvalue weighted by atomic mass is 10.4. The molecular formula is C6H7ClF2. The molecule has 0 nitrogen and oxygen atoms in total. The van der Waals surface area contributed by atoms with Gasteiger partial charge in [0, 0.05) is 11.5 Å². The number of halogens is 3. The first-order valence-corrected chi connectivity index (χ1v) is 2.90. The quantitative estimate of drug-likeness (QED) is 0.422. The van der Waals surface area contributed by atoms with Crippen molar-refractivity contribution in [3.63, 3.8) is 0 Å². The molecule has 0 aliphatic heterocycles. The second-order valence-corrected chi connectivity index (χ2v) is 2.21. The van der Waals surface area contributed by atoms with E-state index in [4.69, 9.17) is 11.6 Å². The highest BCUT2D eigenvalue weighted by Crippen LogP contribution is 1.99. The summed E-state index contributed by atoms with van der Waals surface area (Å²) in [5.74, 6) is 0. The van der Waals surface area contributed by atoms with Gasteiger partial charge in [-0.25, -0.2) is 0 Å². The van der Waals surface area contributed by atoms with Crippen LogP contribution in [0.1, 0.15) is 6.92 Å². The Balaban J connectivity index is 3.60. The molecule has 0 heterocycles. The van der Waals surface area contributed by atoms with Gasteiger partial charge in [0.05, 0.1) is 0 Å². The molecule has 0 aromatic heterocycles. The van der Waals surface area contributed by atoms with Crippen molar-refractivity contribution < 1.29 is 8.78 Å². The fourth-order valence-corrected chi connectivity index (χ4v) is 0.365. The molecule has 0 aromatic carbocycles. The van der Waals surface area contributed by atoms with Gasteiger partial charge in [-0.05, 0) is 6.92 Å². The van der Waals surface area contributed by atoms with Gasteiger partial charge in [-0.2, -0.15) is 8.78 Å². The summed E-state index contributed by atoms with van der Waals surface area (Å²) in [5, 5.41) is -0.194. The van der Waals surface area contributed by atoms with Crippen molar-refractivity contribution in [1.82, 2.24) is 0 Å². The molecule has 1 atom stereocenters. The first-order valence-electron chi connectivity index (χ1n) is 2.46. The topological polar surface area (TPSA) is 0 Å². The molecule has 0 N–H and O–H groups in total. The maximum Gasteiger partial charge on any atom is 0.270 e. The summed E-state index contributed by atoms with van der Waals surface area (Å²) in [7, 11) is 0. The predicted molar refractivity (Wildman–Crippen MR) is 34.8 cm³/mol. The van der Waals surface area contributed by atoms with Gasteiger partial charge in [-0.15, -0.1) is 11.6 Å². The zero-order chi connectivity index (χ0) is 7.28. The number of rotatable bonds is 2. The average Bonchev–Trinajstić information content (AvgIpc) is 1.63. The molecule has 0 aromatic rings. The second kappa shape index (κ2) is 4.50. The fraction of sp³-hybridized carbons (Fsp3) is 0.333. The van der Waals surface area contributed by atoms with Crippen LogP contribution in [0.4, 0.5) is 8.78 Å². The minimum Gasteiger partial charge on any atom is -0.173 e. The van der Waals surface area contributed by atoms with E-state index in [1.165, 1.54) is 12.2 Å². The van der Waals surface area contributed by atoms with Crippen molar-refractivity contribution in [1.29, 1.82) is 0 Å². The zero-order valence-electron chi connectivity index (χ0n) is 4.94. The van der Waals surface area contributed by atoms with Crippen LogP contribution in [-0.4, -0.2) is 5.38 Å². The van der Waals surface area contributed by atoms with Crippen LogP contribution in [0, 0.1) is 0 Å². The van der Waals surface area contributed by atoms with Gasteiger partial charge in [0.15, 0.2) is 0 Å². The molecule has 52 valence electrons. The third-order valence-corrected chi connectivity index (χ3v) is 0.744. The van der Waals surface area contributed by atoms with Crippen molar-refractivity contribution in [3.05, 3.63) is 24.3 Å². The van der Waals surface area contributed by atoms with Gasteiger partial charge in [0.25, 0.3) is 6.08 Å². The van der Waals surface area contributed by atoms with Gasteiger partial charge in [-0.1, -0.05) is 12.2 Å². The van der Waals surface area contributed by atoms with Crippen molar-refractivity contribution >= 4 is 11.6 Å². The van der Waals surface area contributed by atoms with E-state index in [1.807, 2.05) is 0 Å². The average molecular weight is 153 g/mol. The summed E-state index contributed by atoms with van der Waals surface area (Å²) in [6.45, 7) is 1.70. The van der Waals surface area contributed by atoms with E-state index >= 15 is 0 Å². The van der Waals surface area contributed by atoms with Crippen LogP contribution in [0.25, 0.3) is 0 Å². The predicted octanol–water partition coefficient (Wildman–Crippen LogP) is 2.95. The molecule has 9 heavy (non-hydrogen) atoms. The largest absolute Gasteiger partial charge is 0.270 e. The van der Waals surface area contributed by atoms with Crippen LogP contribution in [0.15, 0.2) is 24.3 Å². The van der Waals surface area contributed by atoms with Gasteiger partial charge < -0.3 is 0 Å². The number of allylic oxidation sites excluding steroid dienone is 3. The molecule has 0 saturated carbocycles. The van der Waals surface area contributed by atoms with E-state index in [9.17, 15) is 8.78 Å². The van der Waals surface area contributed by atoms with Crippen LogP contribution < -0.4 is 0 Å². The van der Waals surface area contributed by atoms with Gasteiger partial charge in [0.1, 0.15) is 0 Å². The molecule has 1 unspecified atom stereocenters. The molecule has 0 spiro atoms. The molecule has 3 heteroatoms. The van der Waals surface area contributed by atoms with Crippen LogP contribution in [0.5, 0.6) is 0 Å². The molecule has 0 fully saturated rings. The van der Waals surface area contributed by atoms with E-state index in [0.29, 0.717) is 6.08 Å². The standard InChI is InChI=1S/C6H7ClF2/c1-5(7)3-2-4-6(8)9/h2-5H,1H3/b3-2+. The van der Waals surface area contributed by atoms with E-state index in [2.05, 4.69) is 0 Å². The Bertz CT molecular complexity index is 123. The number of alkyl halides is 1. The van der Waals surface area contributed by atoms with Gasteiger partial charge in [0.2, 0.25) is 0 Å². The minimum atomic E-state index is -1.71. The lowest BCUT2D eigenvalue weighted by Crippen LogP contribution is -1.78. The molecular weight excluding hydrogens is 146 g/mol. The highest BCUT2D eigenvalue weighted by atomic mass is 35.5. The lowest BCUT2D eigenvalue weighted by Gasteiger charge is -1.85. The Labute approximate surface area is 57.8 Å². The van der Waals surface area contributed by atoms with Crippen molar-refractivity contribution in [2.45, 2.75) is 12.3 Å². The maximum atomic E-state index is 11.3. The molecule has 0 rings (SSSR count). The summed E-state index contributed by atoms with van der Waals surface area (Å²) in [5.41, 5.74) is 0. The zero-order valence-corrected chi connectivity index (χ0v) is 5.70. The Morgan fingerprint density at radius 2 is 2.11 bits per heavy atom. The summed E-state index contributed by atoms with van der Waals surface area (Å²) in [6.07, 6.45) is 1.70. The molecule has 0 aliphatic rings. The Hall–Kier alpha value is -0.370. The lowest BCUT2D eigenvalue weighted by molar-refractivity contribution is 0.422. The maximum absolute atomic E-state index is 11.3. The van der Waals surface area contributed by atoms with E-state index in [-0.39, 0.29) is 5.38 Å². The molecule has 0 radical (unpaired) electrons. The summed E-state index contributed by atoms with van der Waals surface area (Å²) in [4.78, 5) is 0. The first-order chi connectivity index (χ1) is 4.13. The van der Waals surface area contributed by atoms with Crippen LogP contribution in [0.2, 0.25) is 0 Å². The van der Waals surface area contributed by atoms with Crippen molar-refractivity contribution in [3.8, 4) is 0 Å². The minimum absolute atomic E-state index is 0.194. The van der Waals surface area contributed by atoms with Gasteiger partial charge >= 0.3 is 0 Å². The second-order valence-electron chi connectivity index (χ2n) is 1.52. The molecule has 0 saturated heterocycles. The summed E-state index contributed by atoms with van der Waals surface area (Å²) >= 11 is 5.40. The smallest absolute Gasteiger partial charge is 0.173 e. The Morgan fingerprint density at radius 1 is 1.56 bits per heavy atom. The van der Waals surface area contributed by atoms with Crippen LogP contribution in [-0.2, 0) is 0 Å². The monoisotopic (exact) mass is 152 g/mol.